The molecule has 2 rings (SSSR count). The molecule has 0 saturated heterocycles. The molecular formula is C17H13Cl2NO4. The number of esters is 1. The van der Waals surface area contributed by atoms with E-state index in [1.807, 2.05) is 0 Å². The van der Waals surface area contributed by atoms with Gasteiger partial charge in [0.15, 0.2) is 12.4 Å². The van der Waals surface area contributed by atoms with Crippen molar-refractivity contribution in [3.8, 4) is 0 Å². The summed E-state index contributed by atoms with van der Waals surface area (Å²) in [6, 6.07) is 10.9. The lowest BCUT2D eigenvalue weighted by molar-refractivity contribution is -0.119. The van der Waals surface area contributed by atoms with Crippen LogP contribution in [-0.2, 0) is 9.53 Å². The molecule has 5 nitrogen and oxygen atoms in total. The van der Waals surface area contributed by atoms with Crippen LogP contribution in [0.2, 0.25) is 10.0 Å². The molecular weight excluding hydrogens is 353 g/mol. The topological polar surface area (TPSA) is 72.5 Å². The molecule has 0 aliphatic heterocycles. The number of carbonyl (C=O) groups excluding carboxylic acids is 3. The van der Waals surface area contributed by atoms with Crippen molar-refractivity contribution in [1.82, 2.24) is 0 Å². The highest BCUT2D eigenvalue weighted by Crippen LogP contribution is 2.21. The third-order valence-electron chi connectivity index (χ3n) is 3.07. The lowest BCUT2D eigenvalue weighted by Gasteiger charge is -2.10. The van der Waals surface area contributed by atoms with Crippen LogP contribution < -0.4 is 5.32 Å². The van der Waals surface area contributed by atoms with E-state index in [4.69, 9.17) is 27.9 Å². The van der Waals surface area contributed by atoms with Crippen molar-refractivity contribution in [2.75, 3.05) is 11.9 Å². The lowest BCUT2D eigenvalue weighted by Crippen LogP contribution is -2.22. The van der Waals surface area contributed by atoms with Crippen molar-refractivity contribution in [1.29, 1.82) is 0 Å². The van der Waals surface area contributed by atoms with E-state index in [0.717, 1.165) is 0 Å². The van der Waals surface area contributed by atoms with Gasteiger partial charge in [0.2, 0.25) is 0 Å². The Morgan fingerprint density at radius 1 is 1.04 bits per heavy atom. The number of ether oxygens (including phenoxy) is 1. The minimum absolute atomic E-state index is 0.109. The smallest absolute Gasteiger partial charge is 0.340 e. The molecule has 0 spiro atoms. The van der Waals surface area contributed by atoms with Crippen molar-refractivity contribution in [2.24, 2.45) is 0 Å². The van der Waals surface area contributed by atoms with Crippen LogP contribution in [0.5, 0.6) is 0 Å². The number of amides is 1. The van der Waals surface area contributed by atoms with Gasteiger partial charge in [-0.05, 0) is 37.3 Å². The second-order valence-electron chi connectivity index (χ2n) is 4.85. The number of halogens is 2. The number of nitrogens with one attached hydrogen (secondary N) is 1. The molecule has 24 heavy (non-hydrogen) atoms. The molecule has 0 unspecified atom stereocenters. The summed E-state index contributed by atoms with van der Waals surface area (Å²) >= 11 is 11.7. The molecule has 0 aliphatic carbocycles. The van der Waals surface area contributed by atoms with E-state index in [1.54, 1.807) is 24.3 Å². The standard InChI is InChI=1S/C17H13Cl2NO4/c1-10(21)12-4-2-3-5-15(12)20-16(22)9-24-17(23)13-7-6-11(18)8-14(13)19/h2-8H,9H2,1H3,(H,20,22). The van der Waals surface area contributed by atoms with Gasteiger partial charge < -0.3 is 10.1 Å². The van der Waals surface area contributed by atoms with Crippen molar-refractivity contribution in [3.05, 3.63) is 63.6 Å². The zero-order valence-corrected chi connectivity index (χ0v) is 14.1. The first kappa shape index (κ1) is 18.0. The Labute approximate surface area is 148 Å². The molecule has 1 N–H and O–H groups in total. The molecule has 124 valence electrons. The number of hydrogen-bond donors (Lipinski definition) is 1. The first-order valence-corrected chi connectivity index (χ1v) is 7.66. The molecule has 0 atom stereocenters. The second kappa shape index (κ2) is 7.95. The number of hydrogen-bond acceptors (Lipinski definition) is 4. The monoisotopic (exact) mass is 365 g/mol. The summed E-state index contributed by atoms with van der Waals surface area (Å²) < 4.78 is 4.92. The van der Waals surface area contributed by atoms with Gasteiger partial charge in [-0.15, -0.1) is 0 Å². The van der Waals surface area contributed by atoms with Crippen LogP contribution in [0, 0.1) is 0 Å². The largest absolute Gasteiger partial charge is 0.452 e. The van der Waals surface area contributed by atoms with E-state index in [0.29, 0.717) is 16.3 Å². The summed E-state index contributed by atoms with van der Waals surface area (Å²) in [5.41, 5.74) is 0.839. The fraction of sp³-hybridized carbons (Fsp3) is 0.118. The van der Waals surface area contributed by atoms with Crippen molar-refractivity contribution in [2.45, 2.75) is 6.92 Å². The van der Waals surface area contributed by atoms with E-state index in [1.165, 1.54) is 25.1 Å². The third kappa shape index (κ3) is 4.57. The highest BCUT2D eigenvalue weighted by Gasteiger charge is 2.15. The van der Waals surface area contributed by atoms with Crippen molar-refractivity contribution in [3.63, 3.8) is 0 Å². The van der Waals surface area contributed by atoms with Crippen molar-refractivity contribution < 1.29 is 19.1 Å². The highest BCUT2D eigenvalue weighted by atomic mass is 35.5. The van der Waals surface area contributed by atoms with Crippen LogP contribution in [0.3, 0.4) is 0 Å². The van der Waals surface area contributed by atoms with E-state index in [2.05, 4.69) is 5.32 Å². The number of anilines is 1. The summed E-state index contributed by atoms with van der Waals surface area (Å²) in [7, 11) is 0. The zero-order chi connectivity index (χ0) is 17.7. The summed E-state index contributed by atoms with van der Waals surface area (Å²) in [5.74, 6) is -1.50. The average Bonchev–Trinajstić information content (AvgIpc) is 2.53. The number of Topliss-reactive ketones (excluding diaryl/α,β-unsaturated/α-hetero) is 1. The van der Waals surface area contributed by atoms with Gasteiger partial charge in [-0.1, -0.05) is 35.3 Å². The van der Waals surface area contributed by atoms with Gasteiger partial charge in [0.25, 0.3) is 5.91 Å². The molecule has 0 aromatic heterocycles. The maximum atomic E-state index is 11.9. The molecule has 0 bridgehead atoms. The van der Waals surface area contributed by atoms with E-state index < -0.39 is 18.5 Å². The lowest BCUT2D eigenvalue weighted by atomic mass is 10.1. The summed E-state index contributed by atoms with van der Waals surface area (Å²) in [5, 5.41) is 3.05. The Bertz CT molecular complexity index is 805. The van der Waals surface area contributed by atoms with Crippen LogP contribution in [-0.4, -0.2) is 24.3 Å². The minimum atomic E-state index is -0.744. The predicted molar refractivity (Wildman–Crippen MR) is 91.8 cm³/mol. The predicted octanol–water partition coefficient (Wildman–Crippen LogP) is 3.99. The quantitative estimate of drug-likeness (QED) is 0.642. The number of benzene rings is 2. The Kier molecular flexibility index (Phi) is 5.95. The third-order valence-corrected chi connectivity index (χ3v) is 3.61. The van der Waals surface area contributed by atoms with Gasteiger partial charge in [0.1, 0.15) is 0 Å². The summed E-state index contributed by atoms with van der Waals surface area (Å²) in [4.78, 5) is 35.3. The van der Waals surface area contributed by atoms with E-state index in [9.17, 15) is 14.4 Å². The van der Waals surface area contributed by atoms with Gasteiger partial charge in [-0.25, -0.2) is 4.79 Å². The molecule has 0 fully saturated rings. The van der Waals surface area contributed by atoms with Crippen LogP contribution in [0.25, 0.3) is 0 Å². The Hall–Kier alpha value is -2.37. The van der Waals surface area contributed by atoms with Gasteiger partial charge in [0, 0.05) is 10.6 Å². The molecule has 2 aromatic rings. The normalized spacial score (nSPS) is 10.1. The molecule has 2 aromatic carbocycles. The van der Waals surface area contributed by atoms with Gasteiger partial charge >= 0.3 is 5.97 Å². The molecule has 0 radical (unpaired) electrons. The number of ketones is 1. The van der Waals surface area contributed by atoms with E-state index >= 15 is 0 Å². The van der Waals surface area contributed by atoms with Crippen LogP contribution in [0.15, 0.2) is 42.5 Å². The first-order valence-electron chi connectivity index (χ1n) is 6.90. The van der Waals surface area contributed by atoms with Crippen molar-refractivity contribution >= 4 is 46.5 Å². The maximum absolute atomic E-state index is 11.9. The van der Waals surface area contributed by atoms with Gasteiger partial charge in [-0.3, -0.25) is 9.59 Å². The molecule has 0 aliphatic rings. The van der Waals surface area contributed by atoms with E-state index in [-0.39, 0.29) is 16.4 Å². The van der Waals surface area contributed by atoms with Gasteiger partial charge in [0.05, 0.1) is 16.3 Å². The second-order valence-corrected chi connectivity index (χ2v) is 5.69. The van der Waals surface area contributed by atoms with Crippen LogP contribution >= 0.6 is 23.2 Å². The first-order chi connectivity index (χ1) is 11.4. The molecule has 7 heteroatoms. The van der Waals surface area contributed by atoms with Crippen LogP contribution in [0.4, 0.5) is 5.69 Å². The molecule has 0 saturated carbocycles. The Morgan fingerprint density at radius 3 is 2.42 bits per heavy atom. The highest BCUT2D eigenvalue weighted by molar-refractivity contribution is 6.36. The Morgan fingerprint density at radius 2 is 1.75 bits per heavy atom. The fourth-order valence-electron chi connectivity index (χ4n) is 1.95. The minimum Gasteiger partial charge on any atom is -0.452 e. The summed E-state index contributed by atoms with van der Waals surface area (Å²) in [6.45, 7) is 0.886. The molecule has 0 heterocycles. The SMILES string of the molecule is CC(=O)c1ccccc1NC(=O)COC(=O)c1ccc(Cl)cc1Cl. The number of carbonyl (C=O) groups is 3. The number of para-hydroxylation sites is 1. The number of rotatable bonds is 5. The van der Waals surface area contributed by atoms with Crippen LogP contribution in [0.1, 0.15) is 27.6 Å². The fourth-order valence-corrected chi connectivity index (χ4v) is 2.43. The van der Waals surface area contributed by atoms with Gasteiger partial charge in [-0.2, -0.15) is 0 Å². The maximum Gasteiger partial charge on any atom is 0.340 e. The molecule has 1 amide bonds. The zero-order valence-electron chi connectivity index (χ0n) is 12.6. The summed E-state index contributed by atoms with van der Waals surface area (Å²) in [6.07, 6.45) is 0. The Balaban J connectivity index is 1.99. The average molecular weight is 366 g/mol.